The molecule has 2 fully saturated rings. The van der Waals surface area contributed by atoms with Gasteiger partial charge in [-0.3, -0.25) is 9.59 Å². The summed E-state index contributed by atoms with van der Waals surface area (Å²) in [5.74, 6) is 0.643. The minimum atomic E-state index is -0.215. The van der Waals surface area contributed by atoms with Crippen LogP contribution in [0.5, 0.6) is 0 Å². The molecule has 0 radical (unpaired) electrons. The van der Waals surface area contributed by atoms with Gasteiger partial charge in [-0.25, -0.2) is 0 Å². The lowest BCUT2D eigenvalue weighted by Gasteiger charge is -2.30. The number of hydrogen-bond acceptors (Lipinski definition) is 2. The van der Waals surface area contributed by atoms with Gasteiger partial charge in [0.05, 0.1) is 5.41 Å². The smallest absolute Gasteiger partial charge is 0.231 e. The summed E-state index contributed by atoms with van der Waals surface area (Å²) in [6, 6.07) is 6.24. The molecule has 0 spiro atoms. The van der Waals surface area contributed by atoms with Crippen molar-refractivity contribution >= 4 is 17.5 Å². The van der Waals surface area contributed by atoms with E-state index in [0.717, 1.165) is 37.9 Å². The third-order valence-electron chi connectivity index (χ3n) is 5.79. The van der Waals surface area contributed by atoms with Crippen LogP contribution in [0.15, 0.2) is 18.2 Å². The highest BCUT2D eigenvalue weighted by Gasteiger charge is 2.62. The van der Waals surface area contributed by atoms with E-state index < -0.39 is 0 Å². The standard InChI is InChI=1S/C18H22N2O2/c1-12(21)20-9-8-18(10-14(18)11-20)17(22)19-16-7-3-5-13-4-2-6-15(13)16/h3,5,7,14H,2,4,6,8-11H2,1H3,(H,19,22)/t14-,18-/m1/s1. The second-order valence-corrected chi connectivity index (χ2v) is 7.02. The molecule has 0 unspecified atom stereocenters. The number of likely N-dealkylation sites (tertiary alicyclic amines) is 1. The molecule has 0 aromatic heterocycles. The van der Waals surface area contributed by atoms with E-state index in [1.807, 2.05) is 17.0 Å². The van der Waals surface area contributed by atoms with Gasteiger partial charge in [0, 0.05) is 25.7 Å². The maximum Gasteiger partial charge on any atom is 0.231 e. The summed E-state index contributed by atoms with van der Waals surface area (Å²) < 4.78 is 0. The monoisotopic (exact) mass is 298 g/mol. The van der Waals surface area contributed by atoms with Gasteiger partial charge in [-0.05, 0) is 55.2 Å². The average molecular weight is 298 g/mol. The Morgan fingerprint density at radius 2 is 2.18 bits per heavy atom. The fraction of sp³-hybridized carbons (Fsp3) is 0.556. The molecule has 116 valence electrons. The first-order valence-corrected chi connectivity index (χ1v) is 8.28. The van der Waals surface area contributed by atoms with Crippen LogP contribution in [0.4, 0.5) is 5.69 Å². The summed E-state index contributed by atoms with van der Waals surface area (Å²) >= 11 is 0. The lowest BCUT2D eigenvalue weighted by Crippen LogP contribution is -2.41. The van der Waals surface area contributed by atoms with Crippen LogP contribution in [-0.4, -0.2) is 29.8 Å². The number of aryl methyl sites for hydroxylation is 1. The maximum absolute atomic E-state index is 12.8. The van der Waals surface area contributed by atoms with Gasteiger partial charge in [-0.15, -0.1) is 0 Å². The van der Waals surface area contributed by atoms with E-state index in [4.69, 9.17) is 0 Å². The Balaban J connectivity index is 1.49. The number of nitrogens with one attached hydrogen (secondary N) is 1. The molecule has 2 atom stereocenters. The topological polar surface area (TPSA) is 49.4 Å². The van der Waals surface area contributed by atoms with E-state index in [2.05, 4.69) is 11.4 Å². The van der Waals surface area contributed by atoms with E-state index in [1.54, 1.807) is 6.92 Å². The third-order valence-corrected chi connectivity index (χ3v) is 5.79. The van der Waals surface area contributed by atoms with Crippen molar-refractivity contribution in [2.45, 2.75) is 39.0 Å². The molecular formula is C18H22N2O2. The summed E-state index contributed by atoms with van der Waals surface area (Å²) in [7, 11) is 0. The molecule has 1 heterocycles. The molecule has 1 aromatic carbocycles. The van der Waals surface area contributed by atoms with Crippen LogP contribution in [-0.2, 0) is 22.4 Å². The summed E-state index contributed by atoms with van der Waals surface area (Å²) in [5, 5.41) is 3.20. The molecule has 0 bridgehead atoms. The van der Waals surface area contributed by atoms with E-state index in [0.29, 0.717) is 12.5 Å². The number of piperidine rings is 1. The van der Waals surface area contributed by atoms with E-state index in [9.17, 15) is 9.59 Å². The van der Waals surface area contributed by atoms with Gasteiger partial charge in [0.2, 0.25) is 11.8 Å². The number of benzene rings is 1. The van der Waals surface area contributed by atoms with Gasteiger partial charge in [0.1, 0.15) is 0 Å². The summed E-state index contributed by atoms with van der Waals surface area (Å²) in [6.45, 7) is 3.07. The number of amides is 2. The Hall–Kier alpha value is -1.84. The van der Waals surface area contributed by atoms with Crippen LogP contribution < -0.4 is 5.32 Å². The van der Waals surface area contributed by atoms with Crippen molar-refractivity contribution in [1.29, 1.82) is 0 Å². The largest absolute Gasteiger partial charge is 0.343 e. The first-order valence-electron chi connectivity index (χ1n) is 8.28. The number of anilines is 1. The van der Waals surface area contributed by atoms with Crippen LogP contribution in [0.2, 0.25) is 0 Å². The lowest BCUT2D eigenvalue weighted by molar-refractivity contribution is -0.132. The highest BCUT2D eigenvalue weighted by Crippen LogP contribution is 2.58. The van der Waals surface area contributed by atoms with Crippen molar-refractivity contribution in [3.8, 4) is 0 Å². The molecular weight excluding hydrogens is 276 g/mol. The van der Waals surface area contributed by atoms with Gasteiger partial charge < -0.3 is 10.2 Å². The number of carbonyl (C=O) groups excluding carboxylic acids is 2. The molecule has 4 rings (SSSR count). The third kappa shape index (κ3) is 2.04. The van der Waals surface area contributed by atoms with Gasteiger partial charge in [-0.2, -0.15) is 0 Å². The van der Waals surface area contributed by atoms with Crippen molar-refractivity contribution in [2.75, 3.05) is 18.4 Å². The number of rotatable bonds is 2. The normalized spacial score (nSPS) is 28.8. The van der Waals surface area contributed by atoms with Crippen LogP contribution in [0.1, 0.15) is 37.3 Å². The molecule has 2 aliphatic carbocycles. The zero-order valence-corrected chi connectivity index (χ0v) is 13.0. The van der Waals surface area contributed by atoms with Crippen LogP contribution in [0.25, 0.3) is 0 Å². The van der Waals surface area contributed by atoms with Crippen molar-refractivity contribution < 1.29 is 9.59 Å². The van der Waals surface area contributed by atoms with Crippen LogP contribution in [0.3, 0.4) is 0 Å². The fourth-order valence-corrected chi connectivity index (χ4v) is 4.28. The highest BCUT2D eigenvalue weighted by atomic mass is 16.2. The van der Waals surface area contributed by atoms with E-state index in [-0.39, 0.29) is 17.2 Å². The Labute approximate surface area is 130 Å². The molecule has 2 amide bonds. The molecule has 22 heavy (non-hydrogen) atoms. The molecule has 4 nitrogen and oxygen atoms in total. The molecule has 1 aliphatic heterocycles. The van der Waals surface area contributed by atoms with Crippen LogP contribution >= 0.6 is 0 Å². The average Bonchev–Trinajstić information content (AvgIpc) is 3.06. The zero-order valence-electron chi connectivity index (χ0n) is 13.0. The van der Waals surface area contributed by atoms with Crippen molar-refractivity contribution in [3.05, 3.63) is 29.3 Å². The van der Waals surface area contributed by atoms with Gasteiger partial charge in [0.25, 0.3) is 0 Å². The Bertz CT molecular complexity index is 654. The Kier molecular flexibility index (Phi) is 3.03. The van der Waals surface area contributed by atoms with Crippen molar-refractivity contribution in [1.82, 2.24) is 4.90 Å². The van der Waals surface area contributed by atoms with E-state index >= 15 is 0 Å². The minimum Gasteiger partial charge on any atom is -0.343 e. The first-order chi connectivity index (χ1) is 10.6. The zero-order chi connectivity index (χ0) is 15.3. The molecule has 1 N–H and O–H groups in total. The second kappa shape index (κ2) is 4.83. The maximum atomic E-state index is 12.8. The Morgan fingerprint density at radius 1 is 1.32 bits per heavy atom. The first kappa shape index (κ1) is 13.8. The number of carbonyl (C=O) groups is 2. The fourth-order valence-electron chi connectivity index (χ4n) is 4.28. The van der Waals surface area contributed by atoms with Crippen LogP contribution in [0, 0.1) is 11.3 Å². The summed E-state index contributed by atoms with van der Waals surface area (Å²) in [4.78, 5) is 26.2. The summed E-state index contributed by atoms with van der Waals surface area (Å²) in [5.41, 5.74) is 3.50. The number of fused-ring (bicyclic) bond motifs is 2. The second-order valence-electron chi connectivity index (χ2n) is 7.02. The number of hydrogen-bond donors (Lipinski definition) is 1. The highest BCUT2D eigenvalue weighted by molar-refractivity contribution is 5.98. The minimum absolute atomic E-state index is 0.127. The van der Waals surface area contributed by atoms with Crippen molar-refractivity contribution in [3.63, 3.8) is 0 Å². The molecule has 1 saturated carbocycles. The quantitative estimate of drug-likeness (QED) is 0.911. The van der Waals surface area contributed by atoms with Gasteiger partial charge in [-0.1, -0.05) is 12.1 Å². The SMILES string of the molecule is CC(=O)N1CC[C@@]2(C(=O)Nc3cccc4c3CCC4)C[C@@H]2C1. The van der Waals surface area contributed by atoms with Crippen molar-refractivity contribution in [2.24, 2.45) is 11.3 Å². The Morgan fingerprint density at radius 3 is 2.95 bits per heavy atom. The molecule has 1 aromatic rings. The van der Waals surface area contributed by atoms with Gasteiger partial charge >= 0.3 is 0 Å². The van der Waals surface area contributed by atoms with E-state index in [1.165, 1.54) is 17.5 Å². The predicted molar refractivity (Wildman–Crippen MR) is 84.5 cm³/mol. The number of nitrogens with zero attached hydrogens (tertiary/aromatic N) is 1. The molecule has 3 aliphatic rings. The lowest BCUT2D eigenvalue weighted by atomic mass is 9.93. The van der Waals surface area contributed by atoms with Gasteiger partial charge in [0.15, 0.2) is 0 Å². The molecule has 1 saturated heterocycles. The summed E-state index contributed by atoms with van der Waals surface area (Å²) in [6.07, 6.45) is 5.11. The molecule has 4 heteroatoms. The predicted octanol–water partition coefficient (Wildman–Crippen LogP) is 2.37.